The van der Waals surface area contributed by atoms with E-state index in [9.17, 15) is 27.9 Å². The first-order chi connectivity index (χ1) is 12.7. The second kappa shape index (κ2) is 9.10. The highest BCUT2D eigenvalue weighted by Gasteiger charge is 2.48. The van der Waals surface area contributed by atoms with E-state index in [1.165, 1.54) is 7.11 Å². The molecule has 1 saturated carbocycles. The largest absolute Gasteiger partial charge is 0.496 e. The van der Waals surface area contributed by atoms with Crippen molar-refractivity contribution < 1.29 is 32.6 Å². The highest BCUT2D eigenvalue weighted by atomic mass is 19.4. The molecule has 1 aromatic carbocycles. The monoisotopic (exact) mass is 387 g/mol. The number of methoxy groups -OCH3 is 1. The van der Waals surface area contributed by atoms with Crippen LogP contribution in [0.3, 0.4) is 0 Å². The van der Waals surface area contributed by atoms with Crippen molar-refractivity contribution in [3.63, 3.8) is 0 Å². The summed E-state index contributed by atoms with van der Waals surface area (Å²) in [6.07, 6.45) is -3.21. The Hall–Kier alpha value is -2.25. The molecule has 5 nitrogen and oxygen atoms in total. The van der Waals surface area contributed by atoms with E-state index >= 15 is 0 Å². The fourth-order valence-electron chi connectivity index (χ4n) is 3.58. The molecular weight excluding hydrogens is 363 g/mol. The number of amides is 1. The van der Waals surface area contributed by atoms with E-state index < -0.39 is 35.8 Å². The number of ether oxygens (including phenoxy) is 1. The molecule has 8 heteroatoms. The zero-order valence-electron chi connectivity index (χ0n) is 15.1. The van der Waals surface area contributed by atoms with Crippen molar-refractivity contribution in [1.29, 1.82) is 0 Å². The van der Waals surface area contributed by atoms with E-state index in [4.69, 9.17) is 4.74 Å². The first-order valence-corrected chi connectivity index (χ1v) is 8.93. The molecule has 1 aliphatic carbocycles. The number of carboxylic acids is 1. The van der Waals surface area contributed by atoms with Gasteiger partial charge in [-0.25, -0.2) is 0 Å². The lowest BCUT2D eigenvalue weighted by molar-refractivity contribution is -0.198. The van der Waals surface area contributed by atoms with Gasteiger partial charge < -0.3 is 15.2 Å². The Labute approximate surface area is 155 Å². The predicted octanol–water partition coefficient (Wildman–Crippen LogP) is 3.42. The zero-order chi connectivity index (χ0) is 20.0. The number of alkyl halides is 3. The summed E-state index contributed by atoms with van der Waals surface area (Å²) in [5.41, 5.74) is 0.660. The predicted molar refractivity (Wildman–Crippen MR) is 92.3 cm³/mol. The maximum Gasteiger partial charge on any atom is 0.392 e. The highest BCUT2D eigenvalue weighted by molar-refractivity contribution is 5.80. The van der Waals surface area contributed by atoms with Crippen molar-refractivity contribution in [2.75, 3.05) is 13.7 Å². The molecule has 1 fully saturated rings. The van der Waals surface area contributed by atoms with E-state index in [0.717, 1.165) is 0 Å². The molecule has 0 aliphatic heterocycles. The summed E-state index contributed by atoms with van der Waals surface area (Å²) >= 11 is 0. The number of hydrogen-bond donors (Lipinski definition) is 2. The molecule has 1 amide bonds. The maximum absolute atomic E-state index is 13.2. The van der Waals surface area contributed by atoms with Gasteiger partial charge in [-0.1, -0.05) is 31.0 Å². The molecule has 1 aromatic rings. The number of nitrogens with one attached hydrogen (secondary N) is 1. The Balaban J connectivity index is 2.02. The van der Waals surface area contributed by atoms with Crippen LogP contribution in [0.2, 0.25) is 0 Å². The van der Waals surface area contributed by atoms with Crippen LogP contribution in [0.1, 0.15) is 31.2 Å². The lowest BCUT2D eigenvalue weighted by Gasteiger charge is -2.32. The number of carboxylic acid groups (broad SMARTS) is 1. The van der Waals surface area contributed by atoms with Gasteiger partial charge in [-0.3, -0.25) is 9.59 Å². The van der Waals surface area contributed by atoms with Gasteiger partial charge in [0, 0.05) is 12.5 Å². The first-order valence-electron chi connectivity index (χ1n) is 8.93. The van der Waals surface area contributed by atoms with Gasteiger partial charge in [0.05, 0.1) is 18.9 Å². The number of benzene rings is 1. The van der Waals surface area contributed by atoms with Crippen LogP contribution in [0, 0.1) is 17.8 Å². The number of rotatable bonds is 7. The van der Waals surface area contributed by atoms with Crippen LogP contribution in [0.5, 0.6) is 5.75 Å². The molecule has 2 N–H and O–H groups in total. The molecule has 3 unspecified atom stereocenters. The standard InChI is InChI=1S/C19H24F3NO4/c1-27-16-9-5-2-6-12(16)10-13(18(25)26)11-23-17(24)14-7-3-4-8-15(14)19(20,21)22/h2,5-6,9,13-15H,3-4,7-8,10-11H2,1H3,(H,23,24)(H,25,26). The normalized spacial score (nSPS) is 21.3. The molecule has 0 heterocycles. The molecule has 0 spiro atoms. The van der Waals surface area contributed by atoms with Crippen molar-refractivity contribution in [2.45, 2.75) is 38.3 Å². The van der Waals surface area contributed by atoms with E-state index in [1.54, 1.807) is 24.3 Å². The van der Waals surface area contributed by atoms with Crippen LogP contribution in [-0.4, -0.2) is 36.8 Å². The molecule has 0 bridgehead atoms. The SMILES string of the molecule is COc1ccccc1CC(CNC(=O)C1CCCCC1C(F)(F)F)C(=O)O. The summed E-state index contributed by atoms with van der Waals surface area (Å²) in [6.45, 7) is -0.229. The number of carbonyl (C=O) groups is 2. The molecular formula is C19H24F3NO4. The summed E-state index contributed by atoms with van der Waals surface area (Å²) in [5.74, 6) is -5.10. The van der Waals surface area contributed by atoms with Gasteiger partial charge in [-0.05, 0) is 30.9 Å². The van der Waals surface area contributed by atoms with E-state index in [2.05, 4.69) is 5.32 Å². The Bertz CT molecular complexity index is 663. The van der Waals surface area contributed by atoms with Crippen LogP contribution in [-0.2, 0) is 16.0 Å². The van der Waals surface area contributed by atoms with Gasteiger partial charge in [-0.15, -0.1) is 0 Å². The van der Waals surface area contributed by atoms with Crippen LogP contribution in [0.25, 0.3) is 0 Å². The maximum atomic E-state index is 13.2. The third kappa shape index (κ3) is 5.61. The van der Waals surface area contributed by atoms with Crippen LogP contribution in [0.15, 0.2) is 24.3 Å². The van der Waals surface area contributed by atoms with Gasteiger partial charge >= 0.3 is 12.1 Å². The summed E-state index contributed by atoms with van der Waals surface area (Å²) in [5, 5.41) is 11.9. The van der Waals surface area contributed by atoms with Gasteiger partial charge in [0.1, 0.15) is 5.75 Å². The Morgan fingerprint density at radius 2 is 1.93 bits per heavy atom. The number of carbonyl (C=O) groups excluding carboxylic acids is 1. The Kier molecular flexibility index (Phi) is 7.10. The minimum Gasteiger partial charge on any atom is -0.496 e. The molecule has 150 valence electrons. The van der Waals surface area contributed by atoms with Gasteiger partial charge in [0.25, 0.3) is 0 Å². The Morgan fingerprint density at radius 1 is 1.26 bits per heavy atom. The lowest BCUT2D eigenvalue weighted by Crippen LogP contribution is -2.44. The Morgan fingerprint density at radius 3 is 2.56 bits per heavy atom. The van der Waals surface area contributed by atoms with Crippen LogP contribution >= 0.6 is 0 Å². The number of halogens is 3. The lowest BCUT2D eigenvalue weighted by atomic mass is 9.78. The fourth-order valence-corrected chi connectivity index (χ4v) is 3.58. The molecule has 3 atom stereocenters. The fraction of sp³-hybridized carbons (Fsp3) is 0.579. The minimum absolute atomic E-state index is 0.0643. The van der Waals surface area contributed by atoms with E-state index in [1.807, 2.05) is 0 Å². The first kappa shape index (κ1) is 21.1. The number of para-hydroxylation sites is 1. The van der Waals surface area contributed by atoms with Crippen LogP contribution in [0.4, 0.5) is 13.2 Å². The van der Waals surface area contributed by atoms with E-state index in [-0.39, 0.29) is 25.8 Å². The van der Waals surface area contributed by atoms with Crippen molar-refractivity contribution in [3.8, 4) is 5.75 Å². The van der Waals surface area contributed by atoms with Crippen LogP contribution < -0.4 is 10.1 Å². The summed E-state index contributed by atoms with van der Waals surface area (Å²) in [4.78, 5) is 23.9. The summed E-state index contributed by atoms with van der Waals surface area (Å²) in [7, 11) is 1.47. The van der Waals surface area contributed by atoms with E-state index in [0.29, 0.717) is 24.2 Å². The molecule has 0 saturated heterocycles. The summed E-state index contributed by atoms with van der Waals surface area (Å²) in [6, 6.07) is 6.91. The summed E-state index contributed by atoms with van der Waals surface area (Å²) < 4.78 is 44.7. The van der Waals surface area contributed by atoms with Gasteiger partial charge in [-0.2, -0.15) is 13.2 Å². The molecule has 0 aromatic heterocycles. The second-order valence-electron chi connectivity index (χ2n) is 6.84. The molecule has 27 heavy (non-hydrogen) atoms. The number of aliphatic carboxylic acids is 1. The quantitative estimate of drug-likeness (QED) is 0.752. The highest BCUT2D eigenvalue weighted by Crippen LogP contribution is 2.41. The third-order valence-corrected chi connectivity index (χ3v) is 5.05. The van der Waals surface area contributed by atoms with Gasteiger partial charge in [0.15, 0.2) is 0 Å². The molecule has 0 radical (unpaired) electrons. The van der Waals surface area contributed by atoms with Gasteiger partial charge in [0.2, 0.25) is 5.91 Å². The molecule has 2 rings (SSSR count). The van der Waals surface area contributed by atoms with Crippen molar-refractivity contribution in [3.05, 3.63) is 29.8 Å². The topological polar surface area (TPSA) is 75.6 Å². The average Bonchev–Trinajstić information content (AvgIpc) is 2.64. The second-order valence-corrected chi connectivity index (χ2v) is 6.84. The number of hydrogen-bond acceptors (Lipinski definition) is 3. The minimum atomic E-state index is -4.42. The average molecular weight is 387 g/mol. The van der Waals surface area contributed by atoms with Crippen molar-refractivity contribution >= 4 is 11.9 Å². The zero-order valence-corrected chi connectivity index (χ0v) is 15.1. The van der Waals surface area contributed by atoms with Crippen molar-refractivity contribution in [1.82, 2.24) is 5.32 Å². The molecule has 1 aliphatic rings. The third-order valence-electron chi connectivity index (χ3n) is 5.05. The smallest absolute Gasteiger partial charge is 0.392 e. The van der Waals surface area contributed by atoms with Crippen molar-refractivity contribution in [2.24, 2.45) is 17.8 Å².